The topological polar surface area (TPSA) is 87.4 Å². The molecule has 3 N–H and O–H groups in total. The van der Waals surface area contributed by atoms with Crippen molar-refractivity contribution in [1.29, 1.82) is 0 Å². The Kier molecular flexibility index (Phi) is 7.14. The van der Waals surface area contributed by atoms with Crippen LogP contribution in [0.25, 0.3) is 5.82 Å². The third-order valence-corrected chi connectivity index (χ3v) is 4.32. The molecule has 1 aromatic carbocycles. The summed E-state index contributed by atoms with van der Waals surface area (Å²) in [5, 5.41) is 20.5. The Balaban J connectivity index is 1.65. The van der Waals surface area contributed by atoms with E-state index in [0.29, 0.717) is 19.0 Å². The highest BCUT2D eigenvalue weighted by atomic mass is 16.3. The molecule has 0 spiro atoms. The van der Waals surface area contributed by atoms with E-state index in [0.717, 1.165) is 23.5 Å². The van der Waals surface area contributed by atoms with Crippen LogP contribution in [0.15, 0.2) is 72.1 Å². The predicted octanol–water partition coefficient (Wildman–Crippen LogP) is 2.10. The molecular formula is C21H26N6O. The summed E-state index contributed by atoms with van der Waals surface area (Å²) in [5.41, 5.74) is 2.14. The zero-order valence-electron chi connectivity index (χ0n) is 16.0. The summed E-state index contributed by atoms with van der Waals surface area (Å²) in [6.45, 7) is 3.98. The summed E-state index contributed by atoms with van der Waals surface area (Å²) in [4.78, 5) is 9.00. The first kappa shape index (κ1) is 19.6. The van der Waals surface area contributed by atoms with Gasteiger partial charge in [-0.2, -0.15) is 5.10 Å². The second-order valence-electron chi connectivity index (χ2n) is 6.34. The van der Waals surface area contributed by atoms with Crippen molar-refractivity contribution in [2.45, 2.75) is 19.4 Å². The van der Waals surface area contributed by atoms with Crippen molar-refractivity contribution >= 4 is 5.96 Å². The summed E-state index contributed by atoms with van der Waals surface area (Å²) in [6, 6.07) is 15.8. The summed E-state index contributed by atoms with van der Waals surface area (Å²) in [7, 11) is 0. The van der Waals surface area contributed by atoms with E-state index in [1.807, 2.05) is 61.7 Å². The largest absolute Gasteiger partial charge is 0.396 e. The number of guanidine groups is 1. The summed E-state index contributed by atoms with van der Waals surface area (Å²) < 4.78 is 1.72. The van der Waals surface area contributed by atoms with Crippen molar-refractivity contribution in [3.05, 3.63) is 78.2 Å². The molecule has 0 aliphatic heterocycles. The van der Waals surface area contributed by atoms with Crippen LogP contribution in [0.3, 0.4) is 0 Å². The van der Waals surface area contributed by atoms with Crippen LogP contribution in [-0.4, -0.2) is 45.5 Å². The summed E-state index contributed by atoms with van der Waals surface area (Å²) in [5.74, 6) is 1.49. The maximum atomic E-state index is 9.74. The molecule has 2 aromatic heterocycles. The molecule has 0 saturated carbocycles. The fourth-order valence-electron chi connectivity index (χ4n) is 2.83. The Bertz CT molecular complexity index is 864. The van der Waals surface area contributed by atoms with Crippen LogP contribution < -0.4 is 10.6 Å². The molecule has 0 saturated heterocycles. The van der Waals surface area contributed by atoms with Crippen LogP contribution in [0, 0.1) is 0 Å². The maximum absolute atomic E-state index is 9.74. The van der Waals surface area contributed by atoms with E-state index in [4.69, 9.17) is 0 Å². The van der Waals surface area contributed by atoms with E-state index in [1.165, 1.54) is 0 Å². The number of aromatic nitrogens is 3. The molecule has 0 bridgehead atoms. The number of benzene rings is 1. The van der Waals surface area contributed by atoms with Gasteiger partial charge in [-0.15, -0.1) is 0 Å². The number of hydrogen-bond acceptors (Lipinski definition) is 4. The Hall–Kier alpha value is -3.19. The van der Waals surface area contributed by atoms with Gasteiger partial charge in [0.15, 0.2) is 11.8 Å². The van der Waals surface area contributed by atoms with Crippen molar-refractivity contribution in [3.63, 3.8) is 0 Å². The van der Waals surface area contributed by atoms with Gasteiger partial charge < -0.3 is 15.7 Å². The Morgan fingerprint density at radius 3 is 2.71 bits per heavy atom. The van der Waals surface area contributed by atoms with Crippen molar-refractivity contribution < 1.29 is 5.11 Å². The SMILES string of the molecule is CCNC(=NCc1ccnc(-n2cccn2)c1)NCC(CO)c1ccccc1. The van der Waals surface area contributed by atoms with Gasteiger partial charge in [-0.3, -0.25) is 0 Å². The molecule has 28 heavy (non-hydrogen) atoms. The lowest BCUT2D eigenvalue weighted by Gasteiger charge is -2.18. The normalized spacial score (nSPS) is 12.6. The Morgan fingerprint density at radius 2 is 2.00 bits per heavy atom. The van der Waals surface area contributed by atoms with E-state index in [9.17, 15) is 5.11 Å². The van der Waals surface area contributed by atoms with Gasteiger partial charge in [0.05, 0.1) is 13.2 Å². The molecule has 146 valence electrons. The molecule has 0 fully saturated rings. The van der Waals surface area contributed by atoms with Crippen molar-refractivity contribution in [2.75, 3.05) is 19.7 Å². The van der Waals surface area contributed by atoms with Crippen molar-refractivity contribution in [3.8, 4) is 5.82 Å². The minimum atomic E-state index is 0.0115. The molecule has 3 aromatic rings. The first-order valence-corrected chi connectivity index (χ1v) is 9.43. The fraction of sp³-hybridized carbons (Fsp3) is 0.286. The smallest absolute Gasteiger partial charge is 0.191 e. The molecule has 0 amide bonds. The quantitative estimate of drug-likeness (QED) is 0.413. The van der Waals surface area contributed by atoms with E-state index in [1.54, 1.807) is 17.1 Å². The maximum Gasteiger partial charge on any atom is 0.191 e. The van der Waals surface area contributed by atoms with Gasteiger partial charge >= 0.3 is 0 Å². The first-order valence-electron chi connectivity index (χ1n) is 9.43. The van der Waals surface area contributed by atoms with Gasteiger partial charge in [0.1, 0.15) is 0 Å². The molecule has 0 radical (unpaired) electrons. The average Bonchev–Trinajstić information content (AvgIpc) is 3.28. The van der Waals surface area contributed by atoms with Crippen LogP contribution in [0.2, 0.25) is 0 Å². The fourth-order valence-corrected chi connectivity index (χ4v) is 2.83. The molecule has 7 nitrogen and oxygen atoms in total. The second-order valence-corrected chi connectivity index (χ2v) is 6.34. The lowest BCUT2D eigenvalue weighted by Crippen LogP contribution is -2.39. The van der Waals surface area contributed by atoms with E-state index in [-0.39, 0.29) is 12.5 Å². The number of aliphatic hydroxyl groups is 1. The predicted molar refractivity (Wildman–Crippen MR) is 110 cm³/mol. The number of aliphatic imine (C=N–C) groups is 1. The summed E-state index contributed by atoms with van der Waals surface area (Å²) in [6.07, 6.45) is 5.35. The van der Waals surface area contributed by atoms with E-state index < -0.39 is 0 Å². The molecule has 2 heterocycles. The van der Waals surface area contributed by atoms with Gasteiger partial charge in [0.2, 0.25) is 0 Å². The standard InChI is InChI=1S/C21H26N6O/c1-2-22-21(25-15-19(16-28)18-7-4-3-5-8-18)24-14-17-9-11-23-20(13-17)27-12-6-10-26-27/h3-13,19,28H,2,14-16H2,1H3,(H2,22,24,25). The van der Waals surface area contributed by atoms with Crippen molar-refractivity contribution in [1.82, 2.24) is 25.4 Å². The number of rotatable bonds is 8. The summed E-state index contributed by atoms with van der Waals surface area (Å²) >= 11 is 0. The van der Waals surface area contributed by atoms with Crippen LogP contribution in [0.1, 0.15) is 24.0 Å². The first-order chi connectivity index (χ1) is 13.8. The zero-order chi connectivity index (χ0) is 19.6. The van der Waals surface area contributed by atoms with Gasteiger partial charge in [0.25, 0.3) is 0 Å². The molecule has 3 rings (SSSR count). The highest BCUT2D eigenvalue weighted by Crippen LogP contribution is 2.13. The minimum absolute atomic E-state index is 0.0115. The molecule has 7 heteroatoms. The van der Waals surface area contributed by atoms with Gasteiger partial charge in [0, 0.05) is 37.6 Å². The number of hydrogen-bond donors (Lipinski definition) is 3. The molecule has 1 atom stereocenters. The second kappa shape index (κ2) is 10.2. The van der Waals surface area contributed by atoms with Crippen LogP contribution in [-0.2, 0) is 6.54 Å². The molecule has 0 aliphatic carbocycles. The van der Waals surface area contributed by atoms with Crippen LogP contribution in [0.4, 0.5) is 0 Å². The minimum Gasteiger partial charge on any atom is -0.396 e. The Labute approximate surface area is 165 Å². The highest BCUT2D eigenvalue weighted by Gasteiger charge is 2.11. The molecule has 1 unspecified atom stereocenters. The van der Waals surface area contributed by atoms with Gasteiger partial charge in [-0.1, -0.05) is 30.3 Å². The van der Waals surface area contributed by atoms with Crippen LogP contribution in [0.5, 0.6) is 0 Å². The monoisotopic (exact) mass is 378 g/mol. The highest BCUT2D eigenvalue weighted by molar-refractivity contribution is 5.79. The molecular weight excluding hydrogens is 352 g/mol. The van der Waals surface area contributed by atoms with E-state index >= 15 is 0 Å². The van der Waals surface area contributed by atoms with Gasteiger partial charge in [-0.25, -0.2) is 14.7 Å². The Morgan fingerprint density at radius 1 is 1.14 bits per heavy atom. The lowest BCUT2D eigenvalue weighted by atomic mass is 10.0. The van der Waals surface area contributed by atoms with E-state index in [2.05, 4.69) is 25.7 Å². The lowest BCUT2D eigenvalue weighted by molar-refractivity contribution is 0.265. The number of nitrogens with zero attached hydrogens (tertiary/aromatic N) is 4. The zero-order valence-corrected chi connectivity index (χ0v) is 16.0. The number of pyridine rings is 1. The number of aliphatic hydroxyl groups excluding tert-OH is 1. The molecule has 0 aliphatic rings. The van der Waals surface area contributed by atoms with Crippen molar-refractivity contribution in [2.24, 2.45) is 4.99 Å². The number of nitrogens with one attached hydrogen (secondary N) is 2. The van der Waals surface area contributed by atoms with Gasteiger partial charge in [-0.05, 0) is 36.2 Å². The third kappa shape index (κ3) is 5.40. The average molecular weight is 378 g/mol. The van der Waals surface area contributed by atoms with Crippen LogP contribution >= 0.6 is 0 Å². The third-order valence-electron chi connectivity index (χ3n) is 4.32.